The Kier molecular flexibility index (Phi) is 2.29. The summed E-state index contributed by atoms with van der Waals surface area (Å²) in [6, 6.07) is 3.72. The summed E-state index contributed by atoms with van der Waals surface area (Å²) < 4.78 is 7.24. The van der Waals surface area contributed by atoms with Crippen LogP contribution >= 0.6 is 0 Å². The molecule has 3 nitrogen and oxygen atoms in total. The molecule has 0 radical (unpaired) electrons. The van der Waals surface area contributed by atoms with Crippen LogP contribution in [0, 0.1) is 0 Å². The van der Waals surface area contributed by atoms with Gasteiger partial charge in [0.15, 0.2) is 11.6 Å². The average Bonchev–Trinajstić information content (AvgIpc) is 2.84. The highest BCUT2D eigenvalue weighted by molar-refractivity contribution is 5.63. The molecule has 0 spiro atoms. The molecule has 0 fully saturated rings. The number of imidazole rings is 1. The summed E-state index contributed by atoms with van der Waals surface area (Å²) in [4.78, 5) is 4.42. The standard InChI is InChI=1S/C12H12N2O/c1-4-9-10(5-2)14(3)12(13-9)11-7-6-8-15-11/h4-8H,1-2H2,3H3. The number of aromatic nitrogens is 2. The Hall–Kier alpha value is -2.03. The van der Waals surface area contributed by atoms with Crippen LogP contribution in [0.2, 0.25) is 0 Å². The van der Waals surface area contributed by atoms with Gasteiger partial charge in [0.1, 0.15) is 0 Å². The van der Waals surface area contributed by atoms with Gasteiger partial charge >= 0.3 is 0 Å². The molecule has 76 valence electrons. The van der Waals surface area contributed by atoms with E-state index in [1.54, 1.807) is 18.4 Å². The predicted octanol–water partition coefficient (Wildman–Crippen LogP) is 2.97. The molecule has 0 bridgehead atoms. The Balaban J connectivity index is 2.64. The van der Waals surface area contributed by atoms with Gasteiger partial charge in [0, 0.05) is 7.05 Å². The summed E-state index contributed by atoms with van der Waals surface area (Å²) in [5.41, 5.74) is 1.76. The van der Waals surface area contributed by atoms with E-state index in [1.165, 1.54) is 0 Å². The fraction of sp³-hybridized carbons (Fsp3) is 0.0833. The maximum atomic E-state index is 5.31. The van der Waals surface area contributed by atoms with Crippen molar-refractivity contribution in [1.29, 1.82) is 0 Å². The molecule has 3 heteroatoms. The quantitative estimate of drug-likeness (QED) is 0.762. The molecule has 0 aliphatic rings. The van der Waals surface area contributed by atoms with Gasteiger partial charge in [0.05, 0.1) is 17.7 Å². The van der Waals surface area contributed by atoms with E-state index in [0.717, 1.165) is 23.0 Å². The second kappa shape index (κ2) is 3.61. The largest absolute Gasteiger partial charge is 0.461 e. The van der Waals surface area contributed by atoms with Gasteiger partial charge in [-0.2, -0.15) is 0 Å². The van der Waals surface area contributed by atoms with Crippen LogP contribution in [0.25, 0.3) is 23.7 Å². The monoisotopic (exact) mass is 200 g/mol. The Morgan fingerprint density at radius 1 is 1.40 bits per heavy atom. The smallest absolute Gasteiger partial charge is 0.176 e. The number of furan rings is 1. The first-order chi connectivity index (χ1) is 7.27. The van der Waals surface area contributed by atoms with Gasteiger partial charge in [-0.05, 0) is 24.3 Å². The fourth-order valence-electron chi connectivity index (χ4n) is 1.55. The van der Waals surface area contributed by atoms with Crippen molar-refractivity contribution in [3.05, 3.63) is 42.9 Å². The van der Waals surface area contributed by atoms with Crippen molar-refractivity contribution >= 4 is 12.2 Å². The summed E-state index contributed by atoms with van der Waals surface area (Å²) >= 11 is 0. The highest BCUT2D eigenvalue weighted by atomic mass is 16.3. The Bertz CT molecular complexity index is 492. The molecule has 0 unspecified atom stereocenters. The van der Waals surface area contributed by atoms with Gasteiger partial charge < -0.3 is 8.98 Å². The SMILES string of the molecule is C=Cc1nc(-c2ccco2)n(C)c1C=C. The molecular weight excluding hydrogens is 188 g/mol. The summed E-state index contributed by atoms with van der Waals surface area (Å²) in [5.74, 6) is 1.53. The van der Waals surface area contributed by atoms with E-state index in [2.05, 4.69) is 18.1 Å². The van der Waals surface area contributed by atoms with Gasteiger partial charge in [-0.15, -0.1) is 0 Å². The van der Waals surface area contributed by atoms with Crippen LogP contribution in [0.4, 0.5) is 0 Å². The van der Waals surface area contributed by atoms with Crippen molar-refractivity contribution in [3.63, 3.8) is 0 Å². The molecule has 2 aromatic heterocycles. The van der Waals surface area contributed by atoms with Crippen molar-refractivity contribution in [2.75, 3.05) is 0 Å². The molecule has 0 saturated heterocycles. The number of nitrogens with zero attached hydrogens (tertiary/aromatic N) is 2. The van der Waals surface area contributed by atoms with Gasteiger partial charge in [-0.3, -0.25) is 0 Å². The number of hydrogen-bond donors (Lipinski definition) is 0. The minimum absolute atomic E-state index is 0.744. The second-order valence-corrected chi connectivity index (χ2v) is 3.15. The molecule has 2 aromatic rings. The minimum Gasteiger partial charge on any atom is -0.461 e. The van der Waals surface area contributed by atoms with Gasteiger partial charge in [-0.25, -0.2) is 4.98 Å². The van der Waals surface area contributed by atoms with E-state index < -0.39 is 0 Å². The summed E-state index contributed by atoms with van der Waals surface area (Å²) in [6.45, 7) is 7.48. The van der Waals surface area contributed by atoms with E-state index in [0.29, 0.717) is 0 Å². The van der Waals surface area contributed by atoms with Crippen LogP contribution in [0.15, 0.2) is 36.0 Å². The molecule has 0 aliphatic heterocycles. The topological polar surface area (TPSA) is 31.0 Å². The molecular formula is C12H12N2O. The summed E-state index contributed by atoms with van der Waals surface area (Å²) in [5, 5.41) is 0. The average molecular weight is 200 g/mol. The third kappa shape index (κ3) is 1.42. The van der Waals surface area contributed by atoms with Crippen LogP contribution in [0.3, 0.4) is 0 Å². The van der Waals surface area contributed by atoms with E-state index in [-0.39, 0.29) is 0 Å². The third-order valence-corrected chi connectivity index (χ3v) is 2.30. The molecule has 0 aromatic carbocycles. The maximum absolute atomic E-state index is 5.31. The minimum atomic E-state index is 0.744. The molecule has 0 N–H and O–H groups in total. The second-order valence-electron chi connectivity index (χ2n) is 3.15. The molecule has 0 aliphatic carbocycles. The van der Waals surface area contributed by atoms with E-state index >= 15 is 0 Å². The van der Waals surface area contributed by atoms with Gasteiger partial charge in [0.25, 0.3) is 0 Å². The molecule has 15 heavy (non-hydrogen) atoms. The van der Waals surface area contributed by atoms with Crippen LogP contribution in [0.5, 0.6) is 0 Å². The van der Waals surface area contributed by atoms with Crippen molar-refractivity contribution in [2.24, 2.45) is 7.05 Å². The molecule has 2 heterocycles. The maximum Gasteiger partial charge on any atom is 0.176 e. The highest BCUT2D eigenvalue weighted by Crippen LogP contribution is 2.22. The third-order valence-electron chi connectivity index (χ3n) is 2.30. The molecule has 2 rings (SSSR count). The van der Waals surface area contributed by atoms with Crippen LogP contribution in [0.1, 0.15) is 11.4 Å². The number of rotatable bonds is 3. The van der Waals surface area contributed by atoms with E-state index in [9.17, 15) is 0 Å². The van der Waals surface area contributed by atoms with Crippen LogP contribution in [-0.4, -0.2) is 9.55 Å². The Morgan fingerprint density at radius 2 is 2.20 bits per heavy atom. The first kappa shape index (κ1) is 9.52. The zero-order valence-corrected chi connectivity index (χ0v) is 8.60. The summed E-state index contributed by atoms with van der Waals surface area (Å²) in [6.07, 6.45) is 5.10. The fourth-order valence-corrected chi connectivity index (χ4v) is 1.55. The lowest BCUT2D eigenvalue weighted by Gasteiger charge is -1.99. The van der Waals surface area contributed by atoms with Crippen molar-refractivity contribution in [2.45, 2.75) is 0 Å². The summed E-state index contributed by atoms with van der Waals surface area (Å²) in [7, 11) is 1.93. The van der Waals surface area contributed by atoms with Crippen molar-refractivity contribution in [3.8, 4) is 11.6 Å². The number of hydrogen-bond acceptors (Lipinski definition) is 2. The lowest BCUT2D eigenvalue weighted by atomic mass is 10.3. The van der Waals surface area contributed by atoms with Gasteiger partial charge in [0.2, 0.25) is 0 Å². The Morgan fingerprint density at radius 3 is 2.67 bits per heavy atom. The van der Waals surface area contributed by atoms with E-state index in [4.69, 9.17) is 4.42 Å². The molecule has 0 atom stereocenters. The van der Waals surface area contributed by atoms with Crippen LogP contribution < -0.4 is 0 Å². The Labute approximate surface area is 88.4 Å². The lowest BCUT2D eigenvalue weighted by Crippen LogP contribution is -1.93. The molecule has 0 amide bonds. The highest BCUT2D eigenvalue weighted by Gasteiger charge is 2.13. The predicted molar refractivity (Wildman–Crippen MR) is 61.1 cm³/mol. The van der Waals surface area contributed by atoms with Crippen LogP contribution in [-0.2, 0) is 7.05 Å². The first-order valence-electron chi connectivity index (χ1n) is 4.63. The zero-order valence-electron chi connectivity index (χ0n) is 8.60. The zero-order chi connectivity index (χ0) is 10.8. The normalized spacial score (nSPS) is 10.2. The van der Waals surface area contributed by atoms with Crippen molar-refractivity contribution in [1.82, 2.24) is 9.55 Å². The first-order valence-corrected chi connectivity index (χ1v) is 4.63. The van der Waals surface area contributed by atoms with Crippen molar-refractivity contribution < 1.29 is 4.42 Å². The molecule has 0 saturated carbocycles. The van der Waals surface area contributed by atoms with Gasteiger partial charge in [-0.1, -0.05) is 13.2 Å². The lowest BCUT2D eigenvalue weighted by molar-refractivity contribution is 0.574. The van der Waals surface area contributed by atoms with E-state index in [1.807, 2.05) is 23.7 Å².